The molecule has 1 aliphatic rings. The zero-order valence-corrected chi connectivity index (χ0v) is 11.5. The van der Waals surface area contributed by atoms with Gasteiger partial charge in [-0.25, -0.2) is 5.06 Å². The average molecular weight is 278 g/mol. The van der Waals surface area contributed by atoms with Gasteiger partial charge in [0.2, 0.25) is 0 Å². The first-order chi connectivity index (χ1) is 9.54. The third-order valence-corrected chi connectivity index (χ3v) is 3.43. The SMILES string of the molecule is CON(C)C(=O)[C@H]1C[C@@H](O)CN1C(=O)c1ccccc1. The number of aliphatic hydroxyl groups excluding tert-OH is 1. The lowest BCUT2D eigenvalue weighted by molar-refractivity contribution is -0.172. The molecule has 108 valence electrons. The molecule has 0 bridgehead atoms. The molecule has 1 aliphatic heterocycles. The second-order valence-corrected chi connectivity index (χ2v) is 4.75. The Labute approximate surface area is 117 Å². The maximum atomic E-state index is 12.4. The summed E-state index contributed by atoms with van der Waals surface area (Å²) in [6.07, 6.45) is -0.465. The fourth-order valence-corrected chi connectivity index (χ4v) is 2.32. The molecule has 1 N–H and O–H groups in total. The summed E-state index contributed by atoms with van der Waals surface area (Å²) in [5.41, 5.74) is 0.500. The van der Waals surface area contributed by atoms with Crippen LogP contribution in [0.4, 0.5) is 0 Å². The quantitative estimate of drug-likeness (QED) is 0.806. The van der Waals surface area contributed by atoms with Gasteiger partial charge in [-0.05, 0) is 12.1 Å². The number of aliphatic hydroxyl groups is 1. The molecule has 1 aromatic rings. The number of likely N-dealkylation sites (tertiary alicyclic amines) is 1. The maximum Gasteiger partial charge on any atom is 0.268 e. The Morgan fingerprint density at radius 1 is 1.35 bits per heavy atom. The van der Waals surface area contributed by atoms with E-state index in [1.165, 1.54) is 19.1 Å². The van der Waals surface area contributed by atoms with Gasteiger partial charge < -0.3 is 10.0 Å². The van der Waals surface area contributed by atoms with Crippen LogP contribution in [0.5, 0.6) is 0 Å². The molecule has 2 atom stereocenters. The molecule has 1 heterocycles. The summed E-state index contributed by atoms with van der Waals surface area (Å²) >= 11 is 0. The molecule has 6 nitrogen and oxygen atoms in total. The molecule has 0 aliphatic carbocycles. The summed E-state index contributed by atoms with van der Waals surface area (Å²) in [5, 5.41) is 10.8. The van der Waals surface area contributed by atoms with Crippen LogP contribution >= 0.6 is 0 Å². The van der Waals surface area contributed by atoms with Crippen LogP contribution in [-0.2, 0) is 9.63 Å². The third-order valence-electron chi connectivity index (χ3n) is 3.43. The number of nitrogens with zero attached hydrogens (tertiary/aromatic N) is 2. The standard InChI is InChI=1S/C14H18N2O4/c1-15(20-2)14(19)12-8-11(17)9-16(12)13(18)10-6-4-3-5-7-10/h3-7,11-12,17H,8-9H2,1-2H3/t11-,12-/m1/s1. The number of benzene rings is 1. The zero-order chi connectivity index (χ0) is 14.7. The number of hydrogen-bond donors (Lipinski definition) is 1. The van der Waals surface area contributed by atoms with E-state index >= 15 is 0 Å². The summed E-state index contributed by atoms with van der Waals surface area (Å²) in [6.45, 7) is 0.154. The lowest BCUT2D eigenvalue weighted by Crippen LogP contribution is -2.46. The Kier molecular flexibility index (Phi) is 4.36. The second-order valence-electron chi connectivity index (χ2n) is 4.75. The van der Waals surface area contributed by atoms with E-state index in [1.54, 1.807) is 24.3 Å². The molecule has 1 aromatic carbocycles. The number of rotatable bonds is 3. The van der Waals surface area contributed by atoms with Crippen LogP contribution < -0.4 is 0 Å². The molecule has 0 radical (unpaired) electrons. The Morgan fingerprint density at radius 2 is 2.00 bits per heavy atom. The van der Waals surface area contributed by atoms with Gasteiger partial charge in [-0.3, -0.25) is 14.4 Å². The van der Waals surface area contributed by atoms with Crippen molar-refractivity contribution in [1.82, 2.24) is 9.96 Å². The van der Waals surface area contributed by atoms with E-state index in [0.29, 0.717) is 5.56 Å². The van der Waals surface area contributed by atoms with Gasteiger partial charge in [-0.1, -0.05) is 18.2 Å². The fraction of sp³-hybridized carbons (Fsp3) is 0.429. The minimum absolute atomic E-state index is 0.154. The van der Waals surface area contributed by atoms with Crippen molar-refractivity contribution in [3.05, 3.63) is 35.9 Å². The van der Waals surface area contributed by atoms with Gasteiger partial charge in [0.05, 0.1) is 13.2 Å². The van der Waals surface area contributed by atoms with Gasteiger partial charge in [0.15, 0.2) is 0 Å². The van der Waals surface area contributed by atoms with Gasteiger partial charge in [-0.15, -0.1) is 0 Å². The Balaban J connectivity index is 2.20. The molecular weight excluding hydrogens is 260 g/mol. The van der Waals surface area contributed by atoms with Crippen LogP contribution in [0, 0.1) is 0 Å². The highest BCUT2D eigenvalue weighted by atomic mass is 16.7. The first-order valence-corrected chi connectivity index (χ1v) is 6.40. The van der Waals surface area contributed by atoms with Crippen molar-refractivity contribution < 1.29 is 19.5 Å². The predicted molar refractivity (Wildman–Crippen MR) is 71.7 cm³/mol. The van der Waals surface area contributed by atoms with E-state index in [0.717, 1.165) is 5.06 Å². The summed E-state index contributed by atoms with van der Waals surface area (Å²) in [7, 11) is 2.87. The van der Waals surface area contributed by atoms with Crippen molar-refractivity contribution in [2.75, 3.05) is 20.7 Å². The largest absolute Gasteiger partial charge is 0.391 e. The lowest BCUT2D eigenvalue weighted by Gasteiger charge is -2.26. The predicted octanol–water partition coefficient (Wildman–Crippen LogP) is 0.282. The molecule has 0 aromatic heterocycles. The number of likely N-dealkylation sites (N-methyl/N-ethyl adjacent to an activating group) is 1. The van der Waals surface area contributed by atoms with E-state index in [-0.39, 0.29) is 24.8 Å². The third kappa shape index (κ3) is 2.81. The van der Waals surface area contributed by atoms with Crippen molar-refractivity contribution in [2.24, 2.45) is 0 Å². The summed E-state index contributed by atoms with van der Waals surface area (Å²) in [5.74, 6) is -0.599. The molecule has 1 fully saturated rings. The van der Waals surface area contributed by atoms with Crippen LogP contribution in [0.2, 0.25) is 0 Å². The first kappa shape index (κ1) is 14.5. The minimum atomic E-state index is -0.693. The van der Waals surface area contributed by atoms with E-state index in [4.69, 9.17) is 4.84 Å². The molecule has 20 heavy (non-hydrogen) atoms. The van der Waals surface area contributed by atoms with Crippen LogP contribution in [0.25, 0.3) is 0 Å². The smallest absolute Gasteiger partial charge is 0.268 e. The number of hydroxylamine groups is 2. The number of carbonyl (C=O) groups is 2. The highest BCUT2D eigenvalue weighted by Gasteiger charge is 2.40. The van der Waals surface area contributed by atoms with Crippen molar-refractivity contribution in [2.45, 2.75) is 18.6 Å². The molecule has 0 saturated carbocycles. The highest BCUT2D eigenvalue weighted by molar-refractivity contribution is 5.97. The van der Waals surface area contributed by atoms with E-state index < -0.39 is 12.1 Å². The summed E-state index contributed by atoms with van der Waals surface area (Å²) in [4.78, 5) is 30.8. The fourth-order valence-electron chi connectivity index (χ4n) is 2.32. The Morgan fingerprint density at radius 3 is 2.60 bits per heavy atom. The Hall–Kier alpha value is -1.92. The van der Waals surface area contributed by atoms with Gasteiger partial charge in [0.1, 0.15) is 6.04 Å². The molecule has 2 amide bonds. The normalized spacial score (nSPS) is 21.9. The highest BCUT2D eigenvalue weighted by Crippen LogP contribution is 2.22. The molecular formula is C14H18N2O4. The average Bonchev–Trinajstić information content (AvgIpc) is 2.87. The molecule has 0 spiro atoms. The summed E-state index contributed by atoms with van der Waals surface area (Å²) < 4.78 is 0. The van der Waals surface area contributed by atoms with Gasteiger partial charge in [0.25, 0.3) is 11.8 Å². The van der Waals surface area contributed by atoms with Crippen molar-refractivity contribution in [3.8, 4) is 0 Å². The molecule has 6 heteroatoms. The van der Waals surface area contributed by atoms with Crippen LogP contribution in [-0.4, -0.2) is 59.7 Å². The van der Waals surface area contributed by atoms with Gasteiger partial charge >= 0.3 is 0 Å². The van der Waals surface area contributed by atoms with Crippen LogP contribution in [0.3, 0.4) is 0 Å². The minimum Gasteiger partial charge on any atom is -0.391 e. The number of hydrogen-bond acceptors (Lipinski definition) is 4. The zero-order valence-electron chi connectivity index (χ0n) is 11.5. The van der Waals surface area contributed by atoms with Gasteiger partial charge in [0, 0.05) is 25.6 Å². The van der Waals surface area contributed by atoms with Crippen molar-refractivity contribution in [1.29, 1.82) is 0 Å². The van der Waals surface area contributed by atoms with Crippen LogP contribution in [0.15, 0.2) is 30.3 Å². The summed E-state index contributed by atoms with van der Waals surface area (Å²) in [6, 6.07) is 8.03. The number of carbonyl (C=O) groups excluding carboxylic acids is 2. The van der Waals surface area contributed by atoms with E-state index in [1.807, 2.05) is 6.07 Å². The van der Waals surface area contributed by atoms with E-state index in [9.17, 15) is 14.7 Å². The monoisotopic (exact) mass is 278 g/mol. The first-order valence-electron chi connectivity index (χ1n) is 6.40. The number of amides is 2. The number of β-amino-alcohol motifs (C(OH)–C–C–N with tert-alkyl or cyclic N) is 1. The molecule has 1 saturated heterocycles. The second kappa shape index (κ2) is 6.02. The Bertz CT molecular complexity index is 491. The van der Waals surface area contributed by atoms with Gasteiger partial charge in [-0.2, -0.15) is 0 Å². The van der Waals surface area contributed by atoms with Crippen molar-refractivity contribution in [3.63, 3.8) is 0 Å². The topological polar surface area (TPSA) is 70.1 Å². The lowest BCUT2D eigenvalue weighted by atomic mass is 10.1. The van der Waals surface area contributed by atoms with Crippen LogP contribution in [0.1, 0.15) is 16.8 Å². The van der Waals surface area contributed by atoms with E-state index in [2.05, 4.69) is 0 Å². The molecule has 2 rings (SSSR count). The molecule has 0 unspecified atom stereocenters. The maximum absolute atomic E-state index is 12.4. The van der Waals surface area contributed by atoms with Crippen molar-refractivity contribution >= 4 is 11.8 Å².